The molecule has 0 heterocycles. The molecule has 0 aliphatic rings. The molecule has 0 saturated heterocycles. The fraction of sp³-hybridized carbons (Fsp3) is 0.486. The van der Waals surface area contributed by atoms with Crippen molar-refractivity contribution in [3.63, 3.8) is 0 Å². The van der Waals surface area contributed by atoms with Crippen LogP contribution >= 0.6 is 0 Å². The van der Waals surface area contributed by atoms with Crippen LogP contribution in [-0.4, -0.2) is 137 Å². The number of hydrogen-bond acceptors (Lipinski definition) is 12. The van der Waals surface area contributed by atoms with Crippen LogP contribution in [0.1, 0.15) is 61.8 Å². The standard InChI is InChI=1S/C6H14O3.C5H12O3.6C4H6O2/c1-2-6(3-7,4-8)5-9;1-5(2-6,3-7)4-8;6*1-3(2)4(5)6/h7-9H,2-5H2,1H3;6-8H,2-4H2,1H3;6*1H2,2H3,(H,5,6). The first-order valence-electron chi connectivity index (χ1n) is 14.8. The van der Waals surface area contributed by atoms with E-state index in [0.717, 1.165) is 0 Å². The maximum absolute atomic E-state index is 9.60. The second-order valence-corrected chi connectivity index (χ2v) is 11.1. The Morgan fingerprint density at radius 3 is 0.491 bits per heavy atom. The lowest BCUT2D eigenvalue weighted by atomic mass is 9.88. The van der Waals surface area contributed by atoms with E-state index in [0.29, 0.717) is 6.42 Å². The van der Waals surface area contributed by atoms with Gasteiger partial charge in [-0.15, -0.1) is 0 Å². The maximum atomic E-state index is 9.60. The molecule has 0 aromatic rings. The molecule has 0 unspecified atom stereocenters. The monoisotopic (exact) mass is 770 g/mol. The van der Waals surface area contributed by atoms with Crippen molar-refractivity contribution in [2.24, 2.45) is 10.8 Å². The largest absolute Gasteiger partial charge is 0.478 e. The summed E-state index contributed by atoms with van der Waals surface area (Å²) in [5, 5.41) is 98.7. The Kier molecular flexibility index (Phi) is 49.8. The van der Waals surface area contributed by atoms with Gasteiger partial charge in [-0.25, -0.2) is 28.8 Å². The Morgan fingerprint density at radius 2 is 0.491 bits per heavy atom. The molecule has 310 valence electrons. The summed E-state index contributed by atoms with van der Waals surface area (Å²) in [6.45, 7) is 30.0. The molecular formula is C35H62O18. The smallest absolute Gasteiger partial charge is 0.330 e. The summed E-state index contributed by atoms with van der Waals surface area (Å²) in [6.07, 6.45) is 0.594. The first-order valence-corrected chi connectivity index (χ1v) is 14.8. The van der Waals surface area contributed by atoms with E-state index in [-0.39, 0.29) is 73.1 Å². The van der Waals surface area contributed by atoms with Gasteiger partial charge in [-0.1, -0.05) is 53.3 Å². The summed E-state index contributed by atoms with van der Waals surface area (Å²) in [4.78, 5) is 57.6. The molecule has 0 amide bonds. The topological polar surface area (TPSA) is 345 Å². The molecule has 0 spiro atoms. The molecule has 0 aliphatic carbocycles. The minimum absolute atomic E-state index is 0.156. The Morgan fingerprint density at radius 1 is 0.377 bits per heavy atom. The molecule has 0 aromatic heterocycles. The van der Waals surface area contributed by atoms with Gasteiger partial charge in [0.1, 0.15) is 0 Å². The Labute approximate surface area is 311 Å². The van der Waals surface area contributed by atoms with Crippen LogP contribution in [0.2, 0.25) is 0 Å². The molecule has 0 rings (SSSR count). The van der Waals surface area contributed by atoms with Gasteiger partial charge in [0.05, 0.1) is 39.6 Å². The summed E-state index contributed by atoms with van der Waals surface area (Å²) in [7, 11) is 0. The van der Waals surface area contributed by atoms with Crippen molar-refractivity contribution in [1.29, 1.82) is 0 Å². The molecule has 0 aliphatic heterocycles. The molecule has 53 heavy (non-hydrogen) atoms. The van der Waals surface area contributed by atoms with E-state index in [1.54, 1.807) is 6.92 Å². The molecule has 0 atom stereocenters. The number of carboxylic acid groups (broad SMARTS) is 6. The Balaban J connectivity index is -0.0000000732. The third-order valence-corrected chi connectivity index (χ3v) is 5.09. The fourth-order valence-corrected chi connectivity index (χ4v) is 0.635. The van der Waals surface area contributed by atoms with Gasteiger partial charge in [0.15, 0.2) is 0 Å². The average molecular weight is 771 g/mol. The zero-order chi connectivity index (χ0) is 44.9. The van der Waals surface area contributed by atoms with Crippen LogP contribution in [0.25, 0.3) is 0 Å². The molecule has 0 fully saturated rings. The zero-order valence-corrected chi connectivity index (χ0v) is 32.0. The summed E-state index contributed by atoms with van der Waals surface area (Å²) < 4.78 is 0. The van der Waals surface area contributed by atoms with Crippen LogP contribution in [0.5, 0.6) is 0 Å². The molecule has 18 heteroatoms. The second-order valence-electron chi connectivity index (χ2n) is 11.1. The highest BCUT2D eigenvalue weighted by Crippen LogP contribution is 2.18. The lowest BCUT2D eigenvalue weighted by Gasteiger charge is -2.24. The average Bonchev–Trinajstić information content (AvgIpc) is 3.07. The quantitative estimate of drug-likeness (QED) is 0.119. The number of rotatable bonds is 13. The van der Waals surface area contributed by atoms with E-state index < -0.39 is 46.6 Å². The van der Waals surface area contributed by atoms with Crippen molar-refractivity contribution in [2.45, 2.75) is 61.8 Å². The van der Waals surface area contributed by atoms with E-state index in [1.807, 2.05) is 6.92 Å². The molecule has 0 aromatic carbocycles. The van der Waals surface area contributed by atoms with Crippen molar-refractivity contribution in [3.05, 3.63) is 72.9 Å². The maximum Gasteiger partial charge on any atom is 0.330 e. The van der Waals surface area contributed by atoms with Crippen LogP contribution in [0.15, 0.2) is 72.9 Å². The first-order chi connectivity index (χ1) is 23.8. The lowest BCUT2D eigenvalue weighted by Crippen LogP contribution is -2.32. The highest BCUT2D eigenvalue weighted by molar-refractivity contribution is 5.86. The predicted octanol–water partition coefficient (Wildman–Crippen LogP) is 2.21. The van der Waals surface area contributed by atoms with Gasteiger partial charge in [-0.2, -0.15) is 0 Å². The Bertz CT molecular complexity index is 890. The highest BCUT2D eigenvalue weighted by Gasteiger charge is 2.25. The van der Waals surface area contributed by atoms with Gasteiger partial charge in [0.25, 0.3) is 0 Å². The Hall–Kier alpha value is -4.98. The van der Waals surface area contributed by atoms with Gasteiger partial charge in [-0.3, -0.25) is 0 Å². The van der Waals surface area contributed by atoms with E-state index in [9.17, 15) is 28.8 Å². The van der Waals surface area contributed by atoms with Crippen molar-refractivity contribution in [3.8, 4) is 0 Å². The van der Waals surface area contributed by atoms with E-state index in [2.05, 4.69) is 39.5 Å². The number of aliphatic carboxylic acids is 6. The summed E-state index contributed by atoms with van der Waals surface area (Å²) >= 11 is 0. The number of hydrogen-bond donors (Lipinski definition) is 12. The SMILES string of the molecule is C=C(C)C(=O)O.C=C(C)C(=O)O.C=C(C)C(=O)O.C=C(C)C(=O)O.C=C(C)C(=O)O.C=C(C)C(=O)O.CC(CO)(CO)CO.CCC(CO)(CO)CO. The van der Waals surface area contributed by atoms with Crippen molar-refractivity contribution < 1.29 is 90.0 Å². The van der Waals surface area contributed by atoms with Crippen LogP contribution < -0.4 is 0 Å². The van der Waals surface area contributed by atoms with E-state index in [1.165, 1.54) is 41.5 Å². The minimum Gasteiger partial charge on any atom is -0.478 e. The van der Waals surface area contributed by atoms with Crippen LogP contribution in [0.3, 0.4) is 0 Å². The van der Waals surface area contributed by atoms with Gasteiger partial charge < -0.3 is 61.3 Å². The number of carboxylic acids is 6. The van der Waals surface area contributed by atoms with Crippen molar-refractivity contribution in [2.75, 3.05) is 39.6 Å². The molecule has 0 saturated carbocycles. The van der Waals surface area contributed by atoms with Crippen LogP contribution in [-0.2, 0) is 28.8 Å². The number of aliphatic hydroxyl groups excluding tert-OH is 6. The van der Waals surface area contributed by atoms with Gasteiger partial charge >= 0.3 is 35.8 Å². The molecular weight excluding hydrogens is 708 g/mol. The highest BCUT2D eigenvalue weighted by atomic mass is 16.4. The normalized spacial score (nSPS) is 8.94. The predicted molar refractivity (Wildman–Crippen MR) is 198 cm³/mol. The fourth-order valence-electron chi connectivity index (χ4n) is 0.635. The van der Waals surface area contributed by atoms with Crippen molar-refractivity contribution >= 4 is 35.8 Å². The minimum atomic E-state index is -0.935. The third kappa shape index (κ3) is 59.5. The summed E-state index contributed by atoms with van der Waals surface area (Å²) in [5.41, 5.74) is -0.319. The van der Waals surface area contributed by atoms with Crippen LogP contribution in [0, 0.1) is 10.8 Å². The zero-order valence-electron chi connectivity index (χ0n) is 32.0. The molecule has 12 N–H and O–H groups in total. The molecule has 0 bridgehead atoms. The van der Waals surface area contributed by atoms with Gasteiger partial charge in [-0.05, 0) is 48.0 Å². The number of carbonyl (C=O) groups is 6. The first kappa shape index (κ1) is 66.3. The van der Waals surface area contributed by atoms with E-state index in [4.69, 9.17) is 61.3 Å². The van der Waals surface area contributed by atoms with Gasteiger partial charge in [0, 0.05) is 44.3 Å². The summed E-state index contributed by atoms with van der Waals surface area (Å²) in [6, 6.07) is 0. The second kappa shape index (κ2) is 39.8. The van der Waals surface area contributed by atoms with Gasteiger partial charge in [0.2, 0.25) is 0 Å². The molecule has 0 radical (unpaired) electrons. The lowest BCUT2D eigenvalue weighted by molar-refractivity contribution is -0.133. The van der Waals surface area contributed by atoms with Crippen LogP contribution in [0.4, 0.5) is 0 Å². The number of aliphatic hydroxyl groups is 6. The van der Waals surface area contributed by atoms with Crippen molar-refractivity contribution in [1.82, 2.24) is 0 Å². The summed E-state index contributed by atoms with van der Waals surface area (Å²) in [5.74, 6) is -5.61. The third-order valence-electron chi connectivity index (χ3n) is 5.09. The molecule has 18 nitrogen and oxygen atoms in total. The van der Waals surface area contributed by atoms with E-state index >= 15 is 0 Å².